The molecule has 37 heavy (non-hydrogen) atoms. The van der Waals surface area contributed by atoms with Gasteiger partial charge in [-0.1, -0.05) is 77.8 Å². The van der Waals surface area contributed by atoms with Crippen LogP contribution < -0.4 is 10.1 Å². The van der Waals surface area contributed by atoms with Crippen molar-refractivity contribution in [1.29, 1.82) is 0 Å². The molecule has 0 saturated carbocycles. The number of amides is 2. The number of hydrogen-bond donors (Lipinski definition) is 1. The second-order valence-electron chi connectivity index (χ2n) is 8.37. The molecule has 1 heterocycles. The Morgan fingerprint density at radius 2 is 1.59 bits per heavy atom. The van der Waals surface area contributed by atoms with Crippen molar-refractivity contribution in [3.63, 3.8) is 0 Å². The first-order chi connectivity index (χ1) is 18.0. The molecular weight excluding hydrogens is 511 g/mol. The van der Waals surface area contributed by atoms with E-state index in [9.17, 15) is 9.59 Å². The second-order valence-corrected chi connectivity index (χ2v) is 9.21. The normalized spacial score (nSPS) is 11.5. The number of carbonyl (C=O) groups is 2. The van der Waals surface area contributed by atoms with Gasteiger partial charge in [0.1, 0.15) is 17.6 Å². The van der Waals surface area contributed by atoms with Crippen molar-refractivity contribution >= 4 is 35.0 Å². The Bertz CT molecular complexity index is 1300. The summed E-state index contributed by atoms with van der Waals surface area (Å²) in [5.74, 6) is 0.347. The van der Waals surface area contributed by atoms with Gasteiger partial charge < -0.3 is 19.4 Å². The van der Waals surface area contributed by atoms with Gasteiger partial charge in [-0.3, -0.25) is 9.59 Å². The maximum atomic E-state index is 13.6. The molecule has 6 nitrogen and oxygen atoms in total. The van der Waals surface area contributed by atoms with E-state index >= 15 is 0 Å². The smallest absolute Gasteiger partial charge is 0.261 e. The van der Waals surface area contributed by atoms with Gasteiger partial charge in [-0.2, -0.15) is 0 Å². The molecule has 0 aliphatic carbocycles. The quantitative estimate of drug-likeness (QED) is 0.258. The summed E-state index contributed by atoms with van der Waals surface area (Å²) in [6.07, 6.45) is 1.86. The fourth-order valence-corrected chi connectivity index (χ4v) is 4.15. The van der Waals surface area contributed by atoms with Crippen LogP contribution >= 0.6 is 23.2 Å². The summed E-state index contributed by atoms with van der Waals surface area (Å²) in [7, 11) is 0. The number of rotatable bonds is 11. The summed E-state index contributed by atoms with van der Waals surface area (Å²) in [6.45, 7) is 0.109. The maximum absolute atomic E-state index is 13.6. The van der Waals surface area contributed by atoms with Crippen molar-refractivity contribution in [1.82, 2.24) is 10.2 Å². The van der Waals surface area contributed by atoms with E-state index in [-0.39, 0.29) is 31.5 Å². The lowest BCUT2D eigenvalue weighted by atomic mass is 10.0. The molecule has 0 bridgehead atoms. The highest BCUT2D eigenvalue weighted by Gasteiger charge is 2.31. The minimum Gasteiger partial charge on any atom is -0.482 e. The minimum atomic E-state index is -0.810. The third-order valence-corrected chi connectivity index (χ3v) is 6.31. The van der Waals surface area contributed by atoms with E-state index in [0.717, 1.165) is 11.1 Å². The number of furan rings is 1. The van der Waals surface area contributed by atoms with Crippen molar-refractivity contribution in [2.45, 2.75) is 25.6 Å². The lowest BCUT2D eigenvalue weighted by Gasteiger charge is -2.31. The molecule has 0 aliphatic heterocycles. The number of para-hydroxylation sites is 1. The molecular formula is C29H26Cl2N2O4. The standard InChI is InChI=1S/C29H26Cl2N2O4/c30-23-14-12-22(13-15-23)19-33(28(34)20-37-27-11-5-4-10-25(27)31)26(17-21-7-2-1-3-8-21)29(35)32-18-24-9-6-16-36-24/h1-16,26H,17-20H2,(H,32,35)/t26-/m1/s1. The Morgan fingerprint density at radius 1 is 0.865 bits per heavy atom. The Morgan fingerprint density at radius 3 is 2.30 bits per heavy atom. The van der Waals surface area contributed by atoms with Crippen LogP contribution in [0.2, 0.25) is 10.0 Å². The molecule has 0 saturated heterocycles. The van der Waals surface area contributed by atoms with Gasteiger partial charge in [0.15, 0.2) is 6.61 Å². The highest BCUT2D eigenvalue weighted by atomic mass is 35.5. The van der Waals surface area contributed by atoms with Gasteiger partial charge in [-0.05, 0) is 47.5 Å². The largest absolute Gasteiger partial charge is 0.482 e. The molecule has 1 aromatic heterocycles. The van der Waals surface area contributed by atoms with Crippen LogP contribution in [0.5, 0.6) is 5.75 Å². The number of benzene rings is 3. The molecule has 0 unspecified atom stereocenters. The van der Waals surface area contributed by atoms with Crippen LogP contribution in [-0.4, -0.2) is 29.4 Å². The van der Waals surface area contributed by atoms with Crippen molar-refractivity contribution in [3.05, 3.63) is 124 Å². The lowest BCUT2D eigenvalue weighted by Crippen LogP contribution is -2.51. The summed E-state index contributed by atoms with van der Waals surface area (Å²) >= 11 is 12.3. The van der Waals surface area contributed by atoms with E-state index in [2.05, 4.69) is 5.32 Å². The zero-order chi connectivity index (χ0) is 26.0. The number of halogens is 2. The molecule has 1 N–H and O–H groups in total. The Hall–Kier alpha value is -3.74. The van der Waals surface area contributed by atoms with Crippen molar-refractivity contribution < 1.29 is 18.7 Å². The molecule has 2 amide bonds. The van der Waals surface area contributed by atoms with Crippen LogP contribution in [0.3, 0.4) is 0 Å². The van der Waals surface area contributed by atoms with Gasteiger partial charge in [0, 0.05) is 18.0 Å². The summed E-state index contributed by atoms with van der Waals surface area (Å²) in [5.41, 5.74) is 1.74. The van der Waals surface area contributed by atoms with E-state index in [4.69, 9.17) is 32.4 Å². The zero-order valence-electron chi connectivity index (χ0n) is 20.0. The van der Waals surface area contributed by atoms with E-state index in [1.165, 1.54) is 4.90 Å². The molecule has 4 aromatic rings. The van der Waals surface area contributed by atoms with Crippen LogP contribution in [0.25, 0.3) is 0 Å². The average Bonchev–Trinajstić information content (AvgIpc) is 3.44. The van der Waals surface area contributed by atoms with Crippen LogP contribution in [0.1, 0.15) is 16.9 Å². The number of carbonyl (C=O) groups excluding carboxylic acids is 2. The second kappa shape index (κ2) is 13.0. The van der Waals surface area contributed by atoms with Crippen molar-refractivity contribution in [2.75, 3.05) is 6.61 Å². The summed E-state index contributed by atoms with van der Waals surface area (Å²) < 4.78 is 11.1. The fraction of sp³-hybridized carbons (Fsp3) is 0.172. The van der Waals surface area contributed by atoms with Crippen LogP contribution in [0, 0.1) is 0 Å². The summed E-state index contributed by atoms with van der Waals surface area (Å²) in [6, 6.07) is 26.4. The Labute approximate surface area is 225 Å². The SMILES string of the molecule is O=C(NCc1ccco1)[C@@H](Cc1ccccc1)N(Cc1ccc(Cl)cc1)C(=O)COc1ccccc1Cl. The van der Waals surface area contributed by atoms with Crippen LogP contribution in [0.15, 0.2) is 102 Å². The molecule has 0 spiro atoms. The van der Waals surface area contributed by atoms with Crippen molar-refractivity contribution in [2.24, 2.45) is 0 Å². The number of nitrogens with zero attached hydrogens (tertiary/aromatic N) is 1. The fourth-order valence-electron chi connectivity index (χ4n) is 3.83. The first-order valence-corrected chi connectivity index (χ1v) is 12.5. The van der Waals surface area contributed by atoms with E-state index in [1.807, 2.05) is 42.5 Å². The highest BCUT2D eigenvalue weighted by molar-refractivity contribution is 6.32. The van der Waals surface area contributed by atoms with Gasteiger partial charge in [-0.15, -0.1) is 0 Å². The first kappa shape index (κ1) is 26.3. The molecule has 1 atom stereocenters. The highest BCUT2D eigenvalue weighted by Crippen LogP contribution is 2.24. The monoisotopic (exact) mass is 536 g/mol. The lowest BCUT2D eigenvalue weighted by molar-refractivity contribution is -0.142. The third kappa shape index (κ3) is 7.62. The number of nitrogens with one attached hydrogen (secondary N) is 1. The minimum absolute atomic E-state index is 0.188. The number of hydrogen-bond acceptors (Lipinski definition) is 4. The first-order valence-electron chi connectivity index (χ1n) is 11.7. The maximum Gasteiger partial charge on any atom is 0.261 e. The molecule has 8 heteroatoms. The van der Waals surface area contributed by atoms with Crippen molar-refractivity contribution in [3.8, 4) is 5.75 Å². The van der Waals surface area contributed by atoms with Gasteiger partial charge in [0.2, 0.25) is 5.91 Å². The van der Waals surface area contributed by atoms with E-state index < -0.39 is 6.04 Å². The van der Waals surface area contributed by atoms with Crippen LogP contribution in [-0.2, 0) is 29.1 Å². The zero-order valence-corrected chi connectivity index (χ0v) is 21.5. The molecule has 0 fully saturated rings. The predicted octanol–water partition coefficient (Wildman–Crippen LogP) is 5.92. The van der Waals surface area contributed by atoms with Gasteiger partial charge in [0.25, 0.3) is 5.91 Å². The van der Waals surface area contributed by atoms with Gasteiger partial charge >= 0.3 is 0 Å². The molecule has 0 radical (unpaired) electrons. The van der Waals surface area contributed by atoms with Gasteiger partial charge in [-0.25, -0.2) is 0 Å². The molecule has 190 valence electrons. The van der Waals surface area contributed by atoms with E-state index in [0.29, 0.717) is 28.0 Å². The third-order valence-electron chi connectivity index (χ3n) is 5.74. The van der Waals surface area contributed by atoms with Gasteiger partial charge in [0.05, 0.1) is 17.8 Å². The summed E-state index contributed by atoms with van der Waals surface area (Å²) in [5, 5.41) is 3.89. The molecule has 3 aromatic carbocycles. The number of ether oxygens (including phenoxy) is 1. The Balaban J connectivity index is 1.61. The molecule has 4 rings (SSSR count). The topological polar surface area (TPSA) is 71.8 Å². The van der Waals surface area contributed by atoms with E-state index in [1.54, 1.807) is 54.8 Å². The van der Waals surface area contributed by atoms with Crippen LogP contribution in [0.4, 0.5) is 0 Å². The average molecular weight is 537 g/mol. The molecule has 0 aliphatic rings. The Kier molecular flexibility index (Phi) is 9.24. The summed E-state index contributed by atoms with van der Waals surface area (Å²) in [4.78, 5) is 28.7. The predicted molar refractivity (Wildman–Crippen MR) is 143 cm³/mol.